The summed E-state index contributed by atoms with van der Waals surface area (Å²) in [6, 6.07) is 9.76. The van der Waals surface area contributed by atoms with Gasteiger partial charge in [0.05, 0.1) is 27.7 Å². The van der Waals surface area contributed by atoms with E-state index in [1.165, 1.54) is 24.3 Å². The number of nitrogens with one attached hydrogen (secondary N) is 2. The molecule has 0 atom stereocenters. The third-order valence-electron chi connectivity index (χ3n) is 3.04. The Bertz CT molecular complexity index is 871. The molecule has 1 amide bonds. The second kappa shape index (κ2) is 7.42. The molecule has 0 aliphatic heterocycles. The summed E-state index contributed by atoms with van der Waals surface area (Å²) in [6.45, 7) is -0.663. The van der Waals surface area contributed by atoms with Crippen LogP contribution in [0.2, 0.25) is 5.02 Å². The van der Waals surface area contributed by atoms with Crippen molar-refractivity contribution in [1.82, 2.24) is 4.72 Å². The molecule has 0 saturated heterocycles. The van der Waals surface area contributed by atoms with Gasteiger partial charge in [-0.1, -0.05) is 29.8 Å². The Morgan fingerprint density at radius 1 is 1.08 bits per heavy atom. The highest BCUT2D eigenvalue weighted by molar-refractivity contribution is 7.89. The molecule has 10 heteroatoms. The number of anilines is 1. The molecule has 0 radical (unpaired) electrons. The average molecular weight is 393 g/mol. The molecule has 25 heavy (non-hydrogen) atoms. The van der Waals surface area contributed by atoms with Crippen LogP contribution in [0.1, 0.15) is 5.56 Å². The van der Waals surface area contributed by atoms with E-state index >= 15 is 0 Å². The largest absolute Gasteiger partial charge is 0.416 e. The van der Waals surface area contributed by atoms with E-state index in [9.17, 15) is 26.4 Å². The number of rotatable bonds is 5. The van der Waals surface area contributed by atoms with Crippen molar-refractivity contribution < 1.29 is 26.4 Å². The molecule has 0 aliphatic rings. The van der Waals surface area contributed by atoms with Gasteiger partial charge in [0.1, 0.15) is 0 Å². The Balaban J connectivity index is 2.06. The van der Waals surface area contributed by atoms with E-state index in [4.69, 9.17) is 11.6 Å². The quantitative estimate of drug-likeness (QED) is 0.820. The van der Waals surface area contributed by atoms with Gasteiger partial charge >= 0.3 is 6.18 Å². The number of benzene rings is 2. The standard InChI is InChI=1S/C15H12ClF3N2O3S/c16-12-7-6-10(15(17,18)19)8-13(12)21-14(22)9-20-25(23,24)11-4-2-1-3-5-11/h1-8,20H,9H2,(H,21,22). The minimum absolute atomic E-state index is 0.0418. The van der Waals surface area contributed by atoms with Crippen molar-refractivity contribution in [3.63, 3.8) is 0 Å². The molecule has 5 nitrogen and oxygen atoms in total. The topological polar surface area (TPSA) is 75.3 Å². The van der Waals surface area contributed by atoms with Crippen LogP contribution >= 0.6 is 11.6 Å². The van der Waals surface area contributed by atoms with Gasteiger partial charge < -0.3 is 5.32 Å². The molecule has 0 heterocycles. The van der Waals surface area contributed by atoms with Crippen molar-refractivity contribution >= 4 is 33.2 Å². The molecule has 0 bridgehead atoms. The van der Waals surface area contributed by atoms with Gasteiger partial charge in [-0.15, -0.1) is 0 Å². The lowest BCUT2D eigenvalue weighted by atomic mass is 10.2. The van der Waals surface area contributed by atoms with Crippen LogP contribution in [-0.2, 0) is 21.0 Å². The monoisotopic (exact) mass is 392 g/mol. The predicted octanol–water partition coefficient (Wildman–Crippen LogP) is 3.28. The Hall–Kier alpha value is -2.10. The Labute approximate surface area is 146 Å². The van der Waals surface area contributed by atoms with Crippen LogP contribution in [0.3, 0.4) is 0 Å². The molecule has 2 N–H and O–H groups in total. The van der Waals surface area contributed by atoms with Crippen LogP contribution in [0.25, 0.3) is 0 Å². The van der Waals surface area contributed by atoms with Crippen molar-refractivity contribution in [2.75, 3.05) is 11.9 Å². The van der Waals surface area contributed by atoms with E-state index < -0.39 is 34.2 Å². The predicted molar refractivity (Wildman–Crippen MR) is 86.7 cm³/mol. The molecular weight excluding hydrogens is 381 g/mol. The fourth-order valence-electron chi connectivity index (χ4n) is 1.84. The van der Waals surface area contributed by atoms with Crippen LogP contribution in [0.5, 0.6) is 0 Å². The maximum absolute atomic E-state index is 12.7. The Kier molecular flexibility index (Phi) is 5.71. The zero-order valence-electron chi connectivity index (χ0n) is 12.5. The molecule has 2 rings (SSSR count). The summed E-state index contributed by atoms with van der Waals surface area (Å²) in [5.41, 5.74) is -1.25. The second-order valence-corrected chi connectivity index (χ2v) is 7.05. The van der Waals surface area contributed by atoms with Crippen molar-refractivity contribution in [1.29, 1.82) is 0 Å². The van der Waals surface area contributed by atoms with Crippen molar-refractivity contribution in [2.45, 2.75) is 11.1 Å². The summed E-state index contributed by atoms with van der Waals surface area (Å²) in [5.74, 6) is -0.860. The summed E-state index contributed by atoms with van der Waals surface area (Å²) in [5, 5.41) is 2.04. The number of hydrogen-bond donors (Lipinski definition) is 2. The number of hydrogen-bond acceptors (Lipinski definition) is 3. The molecule has 0 saturated carbocycles. The number of halogens is 4. The van der Waals surface area contributed by atoms with Crippen LogP contribution in [0, 0.1) is 0 Å². The van der Waals surface area contributed by atoms with Crippen LogP contribution in [-0.4, -0.2) is 20.9 Å². The van der Waals surface area contributed by atoms with Gasteiger partial charge in [-0.2, -0.15) is 13.2 Å². The molecule has 0 aliphatic carbocycles. The zero-order chi connectivity index (χ0) is 18.7. The van der Waals surface area contributed by atoms with Gasteiger partial charge in [-0.3, -0.25) is 4.79 Å². The van der Waals surface area contributed by atoms with E-state index in [2.05, 4.69) is 10.0 Å². The first-order chi connectivity index (χ1) is 11.6. The van der Waals surface area contributed by atoms with E-state index in [-0.39, 0.29) is 15.6 Å². The second-order valence-electron chi connectivity index (χ2n) is 4.88. The average Bonchev–Trinajstić information content (AvgIpc) is 2.55. The maximum atomic E-state index is 12.7. The molecule has 0 unspecified atom stereocenters. The number of sulfonamides is 1. The fourth-order valence-corrected chi connectivity index (χ4v) is 3.00. The highest BCUT2D eigenvalue weighted by Crippen LogP contribution is 2.33. The number of alkyl halides is 3. The van der Waals surface area contributed by atoms with Gasteiger partial charge in [0.15, 0.2) is 0 Å². The van der Waals surface area contributed by atoms with Crippen molar-refractivity contribution in [3.05, 3.63) is 59.1 Å². The number of carbonyl (C=O) groups is 1. The van der Waals surface area contributed by atoms with E-state index in [0.29, 0.717) is 6.07 Å². The van der Waals surface area contributed by atoms with Gasteiger partial charge in [-0.05, 0) is 30.3 Å². The lowest BCUT2D eigenvalue weighted by Crippen LogP contribution is -2.33. The van der Waals surface area contributed by atoms with Crippen molar-refractivity contribution in [2.24, 2.45) is 0 Å². The lowest BCUT2D eigenvalue weighted by Gasteiger charge is -2.12. The Morgan fingerprint density at radius 2 is 1.72 bits per heavy atom. The zero-order valence-corrected chi connectivity index (χ0v) is 14.0. The molecule has 2 aromatic carbocycles. The summed E-state index contributed by atoms with van der Waals surface area (Å²) in [7, 11) is -3.91. The van der Waals surface area contributed by atoms with Crippen LogP contribution in [0.4, 0.5) is 18.9 Å². The van der Waals surface area contributed by atoms with Gasteiger partial charge in [-0.25, -0.2) is 13.1 Å². The first-order valence-electron chi connectivity index (χ1n) is 6.81. The molecule has 2 aromatic rings. The maximum Gasteiger partial charge on any atom is 0.416 e. The van der Waals surface area contributed by atoms with E-state index in [0.717, 1.165) is 12.1 Å². The summed E-state index contributed by atoms with van der Waals surface area (Å²) < 4.78 is 64.1. The first-order valence-corrected chi connectivity index (χ1v) is 8.67. The molecule has 0 aromatic heterocycles. The normalized spacial score (nSPS) is 12.0. The fraction of sp³-hybridized carbons (Fsp3) is 0.133. The summed E-state index contributed by atoms with van der Waals surface area (Å²) in [4.78, 5) is 11.8. The highest BCUT2D eigenvalue weighted by Gasteiger charge is 2.31. The minimum Gasteiger partial charge on any atom is -0.324 e. The minimum atomic E-state index is -4.60. The van der Waals surface area contributed by atoms with Gasteiger partial charge in [0, 0.05) is 0 Å². The number of amides is 1. The third kappa shape index (κ3) is 5.18. The summed E-state index contributed by atoms with van der Waals surface area (Å²) in [6.07, 6.45) is -4.60. The third-order valence-corrected chi connectivity index (χ3v) is 4.79. The SMILES string of the molecule is O=C(CNS(=O)(=O)c1ccccc1)Nc1cc(C(F)(F)F)ccc1Cl. The van der Waals surface area contributed by atoms with Gasteiger partial charge in [0.2, 0.25) is 15.9 Å². The van der Waals surface area contributed by atoms with Crippen molar-refractivity contribution in [3.8, 4) is 0 Å². The molecule has 134 valence electrons. The number of carbonyl (C=O) groups excluding carboxylic acids is 1. The summed E-state index contributed by atoms with van der Waals surface area (Å²) >= 11 is 5.76. The van der Waals surface area contributed by atoms with E-state index in [1.807, 2.05) is 0 Å². The Morgan fingerprint density at radius 3 is 2.32 bits per heavy atom. The smallest absolute Gasteiger partial charge is 0.324 e. The molecule has 0 fully saturated rings. The highest BCUT2D eigenvalue weighted by atomic mass is 35.5. The molecule has 0 spiro atoms. The van der Waals surface area contributed by atoms with Crippen LogP contribution < -0.4 is 10.0 Å². The first kappa shape index (κ1) is 19.2. The van der Waals surface area contributed by atoms with E-state index in [1.54, 1.807) is 6.07 Å². The molecular formula is C15H12ClF3N2O3S. The lowest BCUT2D eigenvalue weighted by molar-refractivity contribution is -0.137. The van der Waals surface area contributed by atoms with Crippen LogP contribution in [0.15, 0.2) is 53.4 Å². The van der Waals surface area contributed by atoms with Gasteiger partial charge in [0.25, 0.3) is 0 Å².